The van der Waals surface area contributed by atoms with Crippen molar-refractivity contribution in [2.24, 2.45) is 11.7 Å². The molecular formula is C15H20N4O. The average molecular weight is 272 g/mol. The number of carbonyl (C=O) groups excluding carboxylic acids is 1. The molecule has 3 rings (SSSR count). The molecule has 2 unspecified atom stereocenters. The van der Waals surface area contributed by atoms with Crippen molar-refractivity contribution in [2.45, 2.75) is 31.7 Å². The van der Waals surface area contributed by atoms with Gasteiger partial charge in [0.15, 0.2) is 0 Å². The number of aromatic nitrogens is 2. The number of nitrogens with two attached hydrogens (primary N) is 1. The molecular weight excluding hydrogens is 252 g/mol. The fraction of sp³-hybridized carbons (Fsp3) is 0.467. The number of carbonyl (C=O) groups is 1. The lowest BCUT2D eigenvalue weighted by atomic mass is 10.1. The zero-order chi connectivity index (χ0) is 13.9. The van der Waals surface area contributed by atoms with Gasteiger partial charge in [0.05, 0.1) is 5.69 Å². The average Bonchev–Trinajstić information content (AvgIpc) is 3.04. The molecule has 20 heavy (non-hydrogen) atoms. The van der Waals surface area contributed by atoms with Crippen LogP contribution in [0.4, 0.5) is 0 Å². The maximum atomic E-state index is 12.0. The molecule has 2 aromatic rings. The summed E-state index contributed by atoms with van der Waals surface area (Å²) in [5.41, 5.74) is 7.77. The van der Waals surface area contributed by atoms with Crippen LogP contribution >= 0.6 is 0 Å². The Labute approximate surface area is 118 Å². The summed E-state index contributed by atoms with van der Waals surface area (Å²) in [6, 6.07) is 6.12. The van der Waals surface area contributed by atoms with Gasteiger partial charge in [-0.1, -0.05) is 6.07 Å². The smallest absolute Gasteiger partial charge is 0.223 e. The van der Waals surface area contributed by atoms with Gasteiger partial charge < -0.3 is 15.5 Å². The Morgan fingerprint density at radius 2 is 2.35 bits per heavy atom. The molecule has 0 radical (unpaired) electrons. The normalized spacial score (nSPS) is 22.2. The third-order valence-electron chi connectivity index (χ3n) is 3.94. The summed E-state index contributed by atoms with van der Waals surface area (Å²) in [5.74, 6) is 0.243. The van der Waals surface area contributed by atoms with Crippen molar-refractivity contribution in [2.75, 3.05) is 6.54 Å². The first-order chi connectivity index (χ1) is 9.72. The number of hydrogen-bond acceptors (Lipinski definition) is 3. The Hall–Kier alpha value is -1.88. The van der Waals surface area contributed by atoms with Crippen LogP contribution < -0.4 is 11.1 Å². The summed E-state index contributed by atoms with van der Waals surface area (Å²) in [5, 5.41) is 2.99. The Morgan fingerprint density at radius 1 is 1.45 bits per heavy atom. The Bertz CT molecular complexity index is 574. The van der Waals surface area contributed by atoms with Crippen molar-refractivity contribution in [1.29, 1.82) is 0 Å². The quantitative estimate of drug-likeness (QED) is 0.876. The second kappa shape index (κ2) is 5.63. The van der Waals surface area contributed by atoms with Gasteiger partial charge in [-0.05, 0) is 31.4 Å². The van der Waals surface area contributed by atoms with Crippen molar-refractivity contribution in [3.63, 3.8) is 0 Å². The Balaban J connectivity index is 1.51. The predicted molar refractivity (Wildman–Crippen MR) is 77.2 cm³/mol. The van der Waals surface area contributed by atoms with Gasteiger partial charge in [-0.15, -0.1) is 0 Å². The van der Waals surface area contributed by atoms with Crippen LogP contribution in [0, 0.1) is 5.92 Å². The molecule has 1 aliphatic rings. The number of rotatable bonds is 4. The van der Waals surface area contributed by atoms with E-state index in [1.807, 2.05) is 35.0 Å². The van der Waals surface area contributed by atoms with Crippen molar-refractivity contribution < 1.29 is 4.79 Å². The highest BCUT2D eigenvalue weighted by Gasteiger charge is 2.27. The van der Waals surface area contributed by atoms with E-state index in [1.165, 1.54) is 0 Å². The van der Waals surface area contributed by atoms with Crippen LogP contribution in [-0.2, 0) is 11.2 Å². The van der Waals surface area contributed by atoms with Crippen molar-refractivity contribution in [3.8, 4) is 0 Å². The largest absolute Gasteiger partial charge is 0.355 e. The molecule has 1 saturated carbocycles. The van der Waals surface area contributed by atoms with Crippen molar-refractivity contribution in [3.05, 3.63) is 36.3 Å². The van der Waals surface area contributed by atoms with Crippen LogP contribution in [0.2, 0.25) is 0 Å². The van der Waals surface area contributed by atoms with Gasteiger partial charge >= 0.3 is 0 Å². The van der Waals surface area contributed by atoms with Gasteiger partial charge in [-0.2, -0.15) is 0 Å². The zero-order valence-electron chi connectivity index (χ0n) is 11.5. The minimum absolute atomic E-state index is 0.103. The monoisotopic (exact) mass is 272 g/mol. The summed E-state index contributed by atoms with van der Waals surface area (Å²) in [6.45, 7) is 0.633. The fourth-order valence-electron chi connectivity index (χ4n) is 2.82. The third-order valence-corrected chi connectivity index (χ3v) is 3.94. The first-order valence-corrected chi connectivity index (χ1v) is 7.18. The molecule has 106 valence electrons. The zero-order valence-corrected chi connectivity index (χ0v) is 11.5. The summed E-state index contributed by atoms with van der Waals surface area (Å²) in [7, 11) is 0. The summed E-state index contributed by atoms with van der Waals surface area (Å²) < 4.78 is 1.99. The first-order valence-electron chi connectivity index (χ1n) is 7.18. The van der Waals surface area contributed by atoms with E-state index in [0.717, 1.165) is 37.0 Å². The lowest BCUT2D eigenvalue weighted by Crippen LogP contribution is -2.31. The molecule has 2 heterocycles. The number of fused-ring (bicyclic) bond motifs is 1. The van der Waals surface area contributed by atoms with E-state index < -0.39 is 0 Å². The van der Waals surface area contributed by atoms with E-state index in [2.05, 4.69) is 10.3 Å². The molecule has 0 spiro atoms. The number of amides is 1. The fourth-order valence-corrected chi connectivity index (χ4v) is 2.82. The van der Waals surface area contributed by atoms with E-state index in [9.17, 15) is 4.79 Å². The predicted octanol–water partition coefficient (Wildman–Crippen LogP) is 1.12. The van der Waals surface area contributed by atoms with Gasteiger partial charge in [0.2, 0.25) is 5.91 Å². The molecule has 2 aromatic heterocycles. The Kier molecular flexibility index (Phi) is 3.69. The van der Waals surface area contributed by atoms with Crippen LogP contribution in [-0.4, -0.2) is 27.9 Å². The van der Waals surface area contributed by atoms with Crippen LogP contribution in [0.5, 0.6) is 0 Å². The maximum absolute atomic E-state index is 12.0. The Morgan fingerprint density at radius 3 is 3.10 bits per heavy atom. The third kappa shape index (κ3) is 2.82. The lowest BCUT2D eigenvalue weighted by molar-refractivity contribution is -0.124. The van der Waals surface area contributed by atoms with Crippen LogP contribution in [0.25, 0.3) is 5.65 Å². The molecule has 1 amide bonds. The molecule has 5 heteroatoms. The molecule has 5 nitrogen and oxygen atoms in total. The molecule has 0 aliphatic heterocycles. The summed E-state index contributed by atoms with van der Waals surface area (Å²) >= 11 is 0. The van der Waals surface area contributed by atoms with E-state index in [-0.39, 0.29) is 17.9 Å². The number of imidazole rings is 1. The lowest BCUT2D eigenvalue weighted by Gasteiger charge is -2.09. The van der Waals surface area contributed by atoms with Crippen LogP contribution in [0.3, 0.4) is 0 Å². The topological polar surface area (TPSA) is 72.4 Å². The molecule has 2 atom stereocenters. The molecule has 0 bridgehead atoms. The van der Waals surface area contributed by atoms with E-state index in [4.69, 9.17) is 5.73 Å². The number of nitrogens with zero attached hydrogens (tertiary/aromatic N) is 2. The molecule has 1 aliphatic carbocycles. The molecule has 0 aromatic carbocycles. The van der Waals surface area contributed by atoms with Gasteiger partial charge in [0, 0.05) is 37.3 Å². The minimum Gasteiger partial charge on any atom is -0.355 e. The number of nitrogens with one attached hydrogen (secondary N) is 1. The highest BCUT2D eigenvalue weighted by atomic mass is 16.1. The van der Waals surface area contributed by atoms with Gasteiger partial charge in [-0.3, -0.25) is 4.79 Å². The van der Waals surface area contributed by atoms with Crippen LogP contribution in [0.15, 0.2) is 30.6 Å². The first kappa shape index (κ1) is 13.1. The van der Waals surface area contributed by atoms with Gasteiger partial charge in [-0.25, -0.2) is 4.98 Å². The standard InChI is InChI=1S/C15H20N4O/c16-12-5-4-11(9-12)15(20)17-7-6-13-10-19-8-2-1-3-14(19)18-13/h1-3,8,10-12H,4-7,9,16H2,(H,17,20). The minimum atomic E-state index is 0.103. The van der Waals surface area contributed by atoms with Gasteiger partial charge in [0.1, 0.15) is 5.65 Å². The molecule has 3 N–H and O–H groups in total. The molecule has 0 saturated heterocycles. The summed E-state index contributed by atoms with van der Waals surface area (Å²) in [6.07, 6.45) is 7.44. The second-order valence-electron chi connectivity index (χ2n) is 5.51. The highest BCUT2D eigenvalue weighted by Crippen LogP contribution is 2.23. The van der Waals surface area contributed by atoms with Crippen molar-refractivity contribution in [1.82, 2.24) is 14.7 Å². The second-order valence-corrected chi connectivity index (χ2v) is 5.51. The van der Waals surface area contributed by atoms with E-state index in [0.29, 0.717) is 6.54 Å². The molecule has 1 fully saturated rings. The van der Waals surface area contributed by atoms with E-state index >= 15 is 0 Å². The van der Waals surface area contributed by atoms with E-state index in [1.54, 1.807) is 0 Å². The maximum Gasteiger partial charge on any atom is 0.223 e. The SMILES string of the molecule is NC1CCC(C(=O)NCCc2cn3ccccc3n2)C1. The van der Waals surface area contributed by atoms with Crippen LogP contribution in [0.1, 0.15) is 25.0 Å². The number of hydrogen-bond donors (Lipinski definition) is 2. The summed E-state index contributed by atoms with van der Waals surface area (Å²) in [4.78, 5) is 16.5. The van der Waals surface area contributed by atoms with Gasteiger partial charge in [0.25, 0.3) is 0 Å². The number of pyridine rings is 1. The highest BCUT2D eigenvalue weighted by molar-refractivity contribution is 5.79. The van der Waals surface area contributed by atoms with Crippen molar-refractivity contribution >= 4 is 11.6 Å².